The topological polar surface area (TPSA) is 77.2 Å². The average molecular weight is 279 g/mol. The van der Waals surface area contributed by atoms with Gasteiger partial charge < -0.3 is 15.8 Å². The molecule has 0 aliphatic carbocycles. The smallest absolute Gasteiger partial charge is 0.238 e. The zero-order valence-electron chi connectivity index (χ0n) is 12.8. The van der Waals surface area contributed by atoms with E-state index in [1.807, 2.05) is 27.7 Å². The predicted molar refractivity (Wildman–Crippen MR) is 80.7 cm³/mol. The van der Waals surface area contributed by atoms with Gasteiger partial charge in [-0.2, -0.15) is 0 Å². The monoisotopic (exact) mass is 279 g/mol. The molecular weight excluding hydrogens is 254 g/mol. The Morgan fingerprint density at radius 2 is 2.10 bits per heavy atom. The molecule has 5 heteroatoms. The Kier molecular flexibility index (Phi) is 5.95. The fraction of sp³-hybridized carbons (Fsp3) is 0.600. The van der Waals surface area contributed by atoms with Crippen molar-refractivity contribution in [2.45, 2.75) is 46.6 Å². The summed E-state index contributed by atoms with van der Waals surface area (Å²) in [5.74, 6) is 0.362. The molecule has 0 radical (unpaired) electrons. The van der Waals surface area contributed by atoms with Crippen LogP contribution >= 0.6 is 0 Å². The van der Waals surface area contributed by atoms with Crippen LogP contribution in [0.15, 0.2) is 18.3 Å². The highest BCUT2D eigenvalue weighted by atomic mass is 16.5. The second-order valence-electron chi connectivity index (χ2n) is 5.17. The van der Waals surface area contributed by atoms with Crippen molar-refractivity contribution in [3.05, 3.63) is 18.3 Å². The summed E-state index contributed by atoms with van der Waals surface area (Å²) in [4.78, 5) is 16.7. The maximum absolute atomic E-state index is 12.5. The van der Waals surface area contributed by atoms with Crippen molar-refractivity contribution < 1.29 is 9.53 Å². The molecule has 1 amide bonds. The number of carbonyl (C=O) groups excluding carboxylic acids is 1. The number of aromatic nitrogens is 1. The number of amides is 1. The fourth-order valence-electron chi connectivity index (χ4n) is 2.01. The van der Waals surface area contributed by atoms with E-state index in [2.05, 4.69) is 10.3 Å². The zero-order valence-corrected chi connectivity index (χ0v) is 12.8. The zero-order chi connectivity index (χ0) is 15.2. The van der Waals surface area contributed by atoms with E-state index in [4.69, 9.17) is 10.5 Å². The third kappa shape index (κ3) is 3.70. The molecule has 112 valence electrons. The lowest BCUT2D eigenvalue weighted by Crippen LogP contribution is -2.41. The molecule has 0 aliphatic rings. The summed E-state index contributed by atoms with van der Waals surface area (Å²) in [5.41, 5.74) is 5.85. The number of rotatable bonds is 7. The van der Waals surface area contributed by atoms with Crippen LogP contribution in [-0.4, -0.2) is 23.5 Å². The summed E-state index contributed by atoms with van der Waals surface area (Å²) in [6.07, 6.45) is 3.04. The lowest BCUT2D eigenvalue weighted by atomic mass is 9.81. The SMILES string of the molecule is CCC(CC)(CN)C(=O)Nc1cccnc1OC(C)C. The van der Waals surface area contributed by atoms with E-state index < -0.39 is 5.41 Å². The van der Waals surface area contributed by atoms with Gasteiger partial charge in [0.2, 0.25) is 11.8 Å². The van der Waals surface area contributed by atoms with Crippen LogP contribution in [0.3, 0.4) is 0 Å². The lowest BCUT2D eigenvalue weighted by Gasteiger charge is -2.28. The van der Waals surface area contributed by atoms with Crippen LogP contribution in [-0.2, 0) is 4.79 Å². The average Bonchev–Trinajstić information content (AvgIpc) is 2.43. The molecule has 0 aliphatic heterocycles. The van der Waals surface area contributed by atoms with Gasteiger partial charge in [0.05, 0.1) is 11.5 Å². The van der Waals surface area contributed by atoms with Gasteiger partial charge in [0, 0.05) is 12.7 Å². The molecule has 0 unspecified atom stereocenters. The molecule has 1 rings (SSSR count). The Bertz CT molecular complexity index is 434. The molecule has 0 fully saturated rings. The fourth-order valence-corrected chi connectivity index (χ4v) is 2.01. The second kappa shape index (κ2) is 7.24. The molecular formula is C15H25N3O2. The summed E-state index contributed by atoms with van der Waals surface area (Å²) < 4.78 is 5.60. The molecule has 1 heterocycles. The van der Waals surface area contributed by atoms with Crippen molar-refractivity contribution in [1.29, 1.82) is 0 Å². The largest absolute Gasteiger partial charge is 0.473 e. The normalized spacial score (nSPS) is 11.5. The number of pyridine rings is 1. The summed E-state index contributed by atoms with van der Waals surface area (Å²) in [6, 6.07) is 3.56. The number of hydrogen-bond acceptors (Lipinski definition) is 4. The number of ether oxygens (including phenoxy) is 1. The van der Waals surface area contributed by atoms with E-state index >= 15 is 0 Å². The van der Waals surface area contributed by atoms with Gasteiger partial charge in [0.15, 0.2) is 0 Å². The van der Waals surface area contributed by atoms with Crippen LogP contribution < -0.4 is 15.8 Å². The van der Waals surface area contributed by atoms with Crippen molar-refractivity contribution in [3.63, 3.8) is 0 Å². The Balaban J connectivity index is 2.95. The Labute approximate surface area is 120 Å². The van der Waals surface area contributed by atoms with Gasteiger partial charge in [0.1, 0.15) is 5.69 Å². The van der Waals surface area contributed by atoms with E-state index in [1.165, 1.54) is 0 Å². The molecule has 0 saturated heterocycles. The number of nitrogens with zero attached hydrogens (tertiary/aromatic N) is 1. The van der Waals surface area contributed by atoms with Gasteiger partial charge >= 0.3 is 0 Å². The predicted octanol–water partition coefficient (Wildman–Crippen LogP) is 2.57. The first kappa shape index (κ1) is 16.4. The maximum atomic E-state index is 12.5. The van der Waals surface area contributed by atoms with Crippen LogP contribution in [0, 0.1) is 5.41 Å². The van der Waals surface area contributed by atoms with Crippen LogP contribution in [0.2, 0.25) is 0 Å². The number of anilines is 1. The van der Waals surface area contributed by atoms with Gasteiger partial charge in [-0.25, -0.2) is 4.98 Å². The van der Waals surface area contributed by atoms with E-state index in [9.17, 15) is 4.79 Å². The van der Waals surface area contributed by atoms with Crippen LogP contribution in [0.25, 0.3) is 0 Å². The van der Waals surface area contributed by atoms with E-state index in [1.54, 1.807) is 18.3 Å². The van der Waals surface area contributed by atoms with Crippen LogP contribution in [0.1, 0.15) is 40.5 Å². The molecule has 0 atom stereocenters. The quantitative estimate of drug-likeness (QED) is 0.804. The highest BCUT2D eigenvalue weighted by Gasteiger charge is 2.33. The first-order valence-electron chi connectivity index (χ1n) is 7.12. The molecule has 0 bridgehead atoms. The van der Waals surface area contributed by atoms with Gasteiger partial charge in [-0.1, -0.05) is 13.8 Å². The Morgan fingerprint density at radius 3 is 2.60 bits per heavy atom. The van der Waals surface area contributed by atoms with Gasteiger partial charge in [-0.15, -0.1) is 0 Å². The Morgan fingerprint density at radius 1 is 1.45 bits per heavy atom. The highest BCUT2D eigenvalue weighted by Crippen LogP contribution is 2.29. The van der Waals surface area contributed by atoms with E-state index in [0.29, 0.717) is 31.0 Å². The molecule has 0 aromatic carbocycles. The second-order valence-corrected chi connectivity index (χ2v) is 5.17. The molecule has 0 saturated carbocycles. The van der Waals surface area contributed by atoms with Crippen molar-refractivity contribution in [2.24, 2.45) is 11.1 Å². The van der Waals surface area contributed by atoms with Crippen molar-refractivity contribution in [2.75, 3.05) is 11.9 Å². The first-order valence-corrected chi connectivity index (χ1v) is 7.12. The highest BCUT2D eigenvalue weighted by molar-refractivity contribution is 5.96. The number of nitrogens with two attached hydrogens (primary N) is 1. The molecule has 1 aromatic rings. The minimum absolute atomic E-state index is 0.00262. The molecule has 20 heavy (non-hydrogen) atoms. The third-order valence-corrected chi connectivity index (χ3v) is 3.59. The first-order chi connectivity index (χ1) is 9.49. The van der Waals surface area contributed by atoms with Crippen molar-refractivity contribution >= 4 is 11.6 Å². The van der Waals surface area contributed by atoms with Crippen molar-refractivity contribution in [1.82, 2.24) is 4.98 Å². The van der Waals surface area contributed by atoms with Crippen molar-refractivity contribution in [3.8, 4) is 5.88 Å². The molecule has 0 spiro atoms. The summed E-state index contributed by atoms with van der Waals surface area (Å²) in [6.45, 7) is 8.12. The number of nitrogens with one attached hydrogen (secondary N) is 1. The summed E-state index contributed by atoms with van der Waals surface area (Å²) in [7, 11) is 0. The molecule has 3 N–H and O–H groups in total. The van der Waals surface area contributed by atoms with Crippen LogP contribution in [0.4, 0.5) is 5.69 Å². The summed E-state index contributed by atoms with van der Waals surface area (Å²) in [5, 5.41) is 2.90. The molecule has 5 nitrogen and oxygen atoms in total. The summed E-state index contributed by atoms with van der Waals surface area (Å²) >= 11 is 0. The molecule has 1 aromatic heterocycles. The van der Waals surface area contributed by atoms with E-state index in [-0.39, 0.29) is 12.0 Å². The maximum Gasteiger partial charge on any atom is 0.238 e. The number of carbonyl (C=O) groups is 1. The standard InChI is InChI=1S/C15H25N3O2/c1-5-15(6-2,10-16)14(19)18-12-8-7-9-17-13(12)20-11(3)4/h7-9,11H,5-6,10,16H2,1-4H3,(H,18,19). The van der Waals surface area contributed by atoms with Gasteiger partial charge in [0.25, 0.3) is 0 Å². The van der Waals surface area contributed by atoms with Gasteiger partial charge in [-0.05, 0) is 38.8 Å². The minimum Gasteiger partial charge on any atom is -0.473 e. The van der Waals surface area contributed by atoms with E-state index in [0.717, 1.165) is 0 Å². The van der Waals surface area contributed by atoms with Crippen LogP contribution in [0.5, 0.6) is 5.88 Å². The minimum atomic E-state index is -0.537. The van der Waals surface area contributed by atoms with Gasteiger partial charge in [-0.3, -0.25) is 4.79 Å². The lowest BCUT2D eigenvalue weighted by molar-refractivity contribution is -0.125. The number of hydrogen-bond donors (Lipinski definition) is 2. The Hall–Kier alpha value is -1.62. The third-order valence-electron chi connectivity index (χ3n) is 3.59.